The van der Waals surface area contributed by atoms with Gasteiger partial charge in [-0.05, 0) is 6.92 Å². The van der Waals surface area contributed by atoms with E-state index in [1.54, 1.807) is 0 Å². The van der Waals surface area contributed by atoms with Crippen molar-refractivity contribution in [3.63, 3.8) is 0 Å². The molecule has 0 radical (unpaired) electrons. The van der Waals surface area contributed by atoms with Crippen LogP contribution in [0.25, 0.3) is 0 Å². The Morgan fingerprint density at radius 1 is 1.43 bits per heavy atom. The van der Waals surface area contributed by atoms with E-state index in [0.717, 1.165) is 0 Å². The van der Waals surface area contributed by atoms with Gasteiger partial charge >= 0.3 is 5.97 Å². The van der Waals surface area contributed by atoms with Crippen molar-refractivity contribution in [2.45, 2.75) is 46.1 Å². The fourth-order valence-electron chi connectivity index (χ4n) is 1.47. The number of nitrogens with one attached hydrogen (secondary N) is 1. The summed E-state index contributed by atoms with van der Waals surface area (Å²) in [5.41, 5.74) is -0.0168. The summed E-state index contributed by atoms with van der Waals surface area (Å²) in [5, 5.41) is 3.13. The van der Waals surface area contributed by atoms with Crippen LogP contribution in [0, 0.1) is 5.41 Å². The summed E-state index contributed by atoms with van der Waals surface area (Å²) in [6.07, 6.45) is -0.228. The minimum absolute atomic E-state index is 0.0168. The molecule has 1 heterocycles. The van der Waals surface area contributed by atoms with Crippen LogP contribution in [0.4, 0.5) is 0 Å². The van der Waals surface area contributed by atoms with Crippen LogP contribution >= 0.6 is 0 Å². The number of carbonyl (C=O) groups excluding carboxylic acids is 1. The van der Waals surface area contributed by atoms with E-state index in [1.165, 1.54) is 7.11 Å². The summed E-state index contributed by atoms with van der Waals surface area (Å²) in [6.45, 7) is 8.07. The molecule has 3 atom stereocenters. The summed E-state index contributed by atoms with van der Waals surface area (Å²) in [5.74, 6) is -0.260. The molecule has 0 spiro atoms. The second kappa shape index (κ2) is 3.87. The van der Waals surface area contributed by atoms with Crippen molar-refractivity contribution >= 4 is 5.97 Å². The normalized spacial score (nSPS) is 33.1. The quantitative estimate of drug-likeness (QED) is 0.641. The van der Waals surface area contributed by atoms with Crippen molar-refractivity contribution in [2.75, 3.05) is 7.11 Å². The standard InChI is InChI=1S/C10H19NO3/c1-6-7(8(12)13-5)11-9(14-6)10(2,3)4/h6-7,9,11H,1-5H3/t6-,7+,9?/m1/s1. The van der Waals surface area contributed by atoms with Crippen LogP contribution in [0.3, 0.4) is 0 Å². The Hall–Kier alpha value is -0.610. The molecule has 0 aromatic heterocycles. The fraction of sp³-hybridized carbons (Fsp3) is 0.900. The SMILES string of the molecule is COC(=O)[C@H]1NC(C(C)(C)C)O[C@@H]1C. The van der Waals surface area contributed by atoms with Gasteiger partial charge in [-0.15, -0.1) is 0 Å². The van der Waals surface area contributed by atoms with Gasteiger partial charge in [-0.1, -0.05) is 20.8 Å². The van der Waals surface area contributed by atoms with Crippen molar-refractivity contribution in [3.05, 3.63) is 0 Å². The zero-order valence-corrected chi connectivity index (χ0v) is 9.46. The maximum Gasteiger partial charge on any atom is 0.325 e. The number of ether oxygens (including phenoxy) is 2. The monoisotopic (exact) mass is 201 g/mol. The first-order valence-corrected chi connectivity index (χ1v) is 4.85. The van der Waals surface area contributed by atoms with Gasteiger partial charge in [0.15, 0.2) is 0 Å². The smallest absolute Gasteiger partial charge is 0.325 e. The number of esters is 1. The summed E-state index contributed by atoms with van der Waals surface area (Å²) >= 11 is 0. The first-order chi connectivity index (χ1) is 6.36. The van der Waals surface area contributed by atoms with Gasteiger partial charge in [0.25, 0.3) is 0 Å². The van der Waals surface area contributed by atoms with Crippen LogP contribution in [-0.2, 0) is 14.3 Å². The third-order valence-corrected chi connectivity index (χ3v) is 2.39. The Kier molecular flexibility index (Phi) is 3.17. The van der Waals surface area contributed by atoms with Crippen LogP contribution in [0.1, 0.15) is 27.7 Å². The minimum atomic E-state index is -0.343. The Labute approximate surface area is 85.0 Å². The van der Waals surface area contributed by atoms with Gasteiger partial charge in [0, 0.05) is 5.41 Å². The van der Waals surface area contributed by atoms with Gasteiger partial charge in [-0.2, -0.15) is 0 Å². The molecule has 14 heavy (non-hydrogen) atoms. The lowest BCUT2D eigenvalue weighted by Crippen LogP contribution is -2.44. The van der Waals surface area contributed by atoms with Crippen LogP contribution in [0.5, 0.6) is 0 Å². The zero-order valence-electron chi connectivity index (χ0n) is 9.46. The van der Waals surface area contributed by atoms with Crippen LogP contribution < -0.4 is 5.32 Å². The minimum Gasteiger partial charge on any atom is -0.468 e. The lowest BCUT2D eigenvalue weighted by atomic mass is 9.94. The lowest BCUT2D eigenvalue weighted by Gasteiger charge is -2.26. The maximum absolute atomic E-state index is 11.3. The molecule has 1 unspecified atom stereocenters. The van der Waals surface area contributed by atoms with E-state index in [-0.39, 0.29) is 29.8 Å². The van der Waals surface area contributed by atoms with Crippen molar-refractivity contribution in [3.8, 4) is 0 Å². The molecule has 0 bridgehead atoms. The first kappa shape index (κ1) is 11.5. The Morgan fingerprint density at radius 3 is 2.36 bits per heavy atom. The zero-order chi connectivity index (χ0) is 10.9. The van der Waals surface area contributed by atoms with Crippen molar-refractivity contribution < 1.29 is 14.3 Å². The predicted octanol–water partition coefficient (Wildman–Crippen LogP) is 0.908. The number of hydrogen-bond donors (Lipinski definition) is 1. The molecule has 1 aliphatic heterocycles. The lowest BCUT2D eigenvalue weighted by molar-refractivity contribution is -0.143. The molecule has 4 heteroatoms. The Morgan fingerprint density at radius 2 is 2.00 bits per heavy atom. The van der Waals surface area contributed by atoms with Crippen LogP contribution in [0.2, 0.25) is 0 Å². The Balaban J connectivity index is 2.65. The van der Waals surface area contributed by atoms with Gasteiger partial charge in [0.1, 0.15) is 12.3 Å². The van der Waals surface area contributed by atoms with Gasteiger partial charge in [-0.3, -0.25) is 10.1 Å². The highest BCUT2D eigenvalue weighted by atomic mass is 16.5. The number of methoxy groups -OCH3 is 1. The maximum atomic E-state index is 11.3. The van der Waals surface area contributed by atoms with E-state index >= 15 is 0 Å². The molecule has 0 aromatic rings. The van der Waals surface area contributed by atoms with Gasteiger partial charge in [0.2, 0.25) is 0 Å². The molecule has 1 aliphatic rings. The van der Waals surface area contributed by atoms with E-state index in [1.807, 2.05) is 6.92 Å². The number of carbonyl (C=O) groups is 1. The fourth-order valence-corrected chi connectivity index (χ4v) is 1.47. The van der Waals surface area contributed by atoms with Gasteiger partial charge in [-0.25, -0.2) is 0 Å². The van der Waals surface area contributed by atoms with E-state index < -0.39 is 0 Å². The second-order valence-electron chi connectivity index (χ2n) is 4.75. The van der Waals surface area contributed by atoms with E-state index in [4.69, 9.17) is 4.74 Å². The molecular formula is C10H19NO3. The molecule has 0 aliphatic carbocycles. The van der Waals surface area contributed by atoms with Gasteiger partial charge < -0.3 is 9.47 Å². The number of hydrogen-bond acceptors (Lipinski definition) is 4. The first-order valence-electron chi connectivity index (χ1n) is 4.85. The third kappa shape index (κ3) is 2.25. The molecule has 0 saturated carbocycles. The third-order valence-electron chi connectivity index (χ3n) is 2.39. The van der Waals surface area contributed by atoms with Crippen LogP contribution in [-0.4, -0.2) is 31.5 Å². The summed E-state index contributed by atoms with van der Waals surface area (Å²) in [4.78, 5) is 11.3. The predicted molar refractivity (Wildman–Crippen MR) is 52.7 cm³/mol. The molecular weight excluding hydrogens is 182 g/mol. The highest BCUT2D eigenvalue weighted by molar-refractivity contribution is 5.76. The molecule has 0 amide bonds. The molecule has 1 N–H and O–H groups in total. The van der Waals surface area contributed by atoms with E-state index in [2.05, 4.69) is 30.8 Å². The summed E-state index contributed by atoms with van der Waals surface area (Å²) < 4.78 is 10.3. The molecule has 82 valence electrons. The number of rotatable bonds is 1. The molecule has 0 aromatic carbocycles. The molecule has 1 saturated heterocycles. The second-order valence-corrected chi connectivity index (χ2v) is 4.75. The van der Waals surface area contributed by atoms with E-state index in [9.17, 15) is 4.79 Å². The molecule has 4 nitrogen and oxygen atoms in total. The van der Waals surface area contributed by atoms with E-state index in [0.29, 0.717) is 0 Å². The van der Waals surface area contributed by atoms with Crippen LogP contribution in [0.15, 0.2) is 0 Å². The largest absolute Gasteiger partial charge is 0.468 e. The average Bonchev–Trinajstić information content (AvgIpc) is 2.45. The average molecular weight is 201 g/mol. The highest BCUT2D eigenvalue weighted by Crippen LogP contribution is 2.27. The van der Waals surface area contributed by atoms with Crippen molar-refractivity contribution in [1.29, 1.82) is 0 Å². The Bertz CT molecular complexity index is 222. The van der Waals surface area contributed by atoms with Crippen molar-refractivity contribution in [2.24, 2.45) is 5.41 Å². The highest BCUT2D eigenvalue weighted by Gasteiger charge is 2.41. The van der Waals surface area contributed by atoms with Crippen molar-refractivity contribution in [1.82, 2.24) is 5.32 Å². The summed E-state index contributed by atoms with van der Waals surface area (Å²) in [6, 6.07) is -0.343. The molecule has 1 fully saturated rings. The van der Waals surface area contributed by atoms with Gasteiger partial charge in [0.05, 0.1) is 13.2 Å². The summed E-state index contributed by atoms with van der Waals surface area (Å²) in [7, 11) is 1.39. The molecule has 1 rings (SSSR count). The topological polar surface area (TPSA) is 47.6 Å².